The molecule has 0 bridgehead atoms. The normalized spacial score (nSPS) is 10.4. The van der Waals surface area contributed by atoms with Gasteiger partial charge in [-0.1, -0.05) is 40.9 Å². The Kier molecular flexibility index (Phi) is 4.57. The third-order valence-electron chi connectivity index (χ3n) is 2.15. The van der Waals surface area contributed by atoms with Crippen molar-refractivity contribution in [2.75, 3.05) is 0 Å². The number of pyridine rings is 1. The fourth-order valence-corrected chi connectivity index (χ4v) is 2.07. The molecule has 2 aromatic rings. The van der Waals surface area contributed by atoms with Gasteiger partial charge in [-0.15, -0.1) is 11.6 Å². The quantitative estimate of drug-likeness (QED) is 0.689. The summed E-state index contributed by atoms with van der Waals surface area (Å²) < 4.78 is 5.54. The van der Waals surface area contributed by atoms with E-state index in [2.05, 4.69) is 4.98 Å². The van der Waals surface area contributed by atoms with Crippen molar-refractivity contribution >= 4 is 46.4 Å². The number of rotatable bonds is 3. The molecule has 0 aliphatic carbocycles. The first-order chi connectivity index (χ1) is 8.61. The molecule has 0 radical (unpaired) electrons. The van der Waals surface area contributed by atoms with Crippen LogP contribution in [0.15, 0.2) is 30.3 Å². The van der Waals surface area contributed by atoms with Crippen molar-refractivity contribution in [1.29, 1.82) is 0 Å². The number of benzene rings is 1. The third kappa shape index (κ3) is 3.01. The van der Waals surface area contributed by atoms with Gasteiger partial charge in [0.2, 0.25) is 5.88 Å². The Morgan fingerprint density at radius 3 is 2.50 bits per heavy atom. The van der Waals surface area contributed by atoms with Crippen molar-refractivity contribution in [2.45, 2.75) is 5.88 Å². The van der Waals surface area contributed by atoms with Gasteiger partial charge in [-0.2, -0.15) is 0 Å². The summed E-state index contributed by atoms with van der Waals surface area (Å²) in [5, 5.41) is 1.25. The van der Waals surface area contributed by atoms with Crippen molar-refractivity contribution in [3.05, 3.63) is 51.1 Å². The van der Waals surface area contributed by atoms with Crippen molar-refractivity contribution in [2.24, 2.45) is 0 Å². The minimum Gasteiger partial charge on any atom is -0.437 e. The van der Waals surface area contributed by atoms with Crippen LogP contribution in [0, 0.1) is 0 Å². The SMILES string of the molecule is ClCc1nc(Oc2cccc(Cl)c2Cl)ccc1Cl. The third-order valence-corrected chi connectivity index (χ3v) is 3.55. The van der Waals surface area contributed by atoms with Crippen LogP contribution in [0.3, 0.4) is 0 Å². The monoisotopic (exact) mass is 321 g/mol. The smallest absolute Gasteiger partial charge is 0.219 e. The molecule has 0 fully saturated rings. The molecule has 1 aromatic heterocycles. The van der Waals surface area contributed by atoms with Gasteiger partial charge in [0.1, 0.15) is 10.8 Å². The molecule has 1 aromatic carbocycles. The second-order valence-corrected chi connectivity index (χ2v) is 4.83. The van der Waals surface area contributed by atoms with E-state index in [0.717, 1.165) is 0 Å². The Hall–Kier alpha value is -0.670. The molecule has 0 atom stereocenters. The lowest BCUT2D eigenvalue weighted by atomic mass is 10.3. The Balaban J connectivity index is 2.31. The highest BCUT2D eigenvalue weighted by Gasteiger charge is 2.09. The van der Waals surface area contributed by atoms with Crippen LogP contribution in [0.25, 0.3) is 0 Å². The van der Waals surface area contributed by atoms with E-state index < -0.39 is 0 Å². The van der Waals surface area contributed by atoms with Gasteiger partial charge in [0, 0.05) is 6.07 Å². The first-order valence-electron chi connectivity index (χ1n) is 4.95. The molecule has 6 heteroatoms. The topological polar surface area (TPSA) is 22.1 Å². The highest BCUT2D eigenvalue weighted by atomic mass is 35.5. The zero-order valence-corrected chi connectivity index (χ0v) is 12.0. The lowest BCUT2D eigenvalue weighted by molar-refractivity contribution is 0.462. The number of hydrogen-bond acceptors (Lipinski definition) is 2. The van der Waals surface area contributed by atoms with Gasteiger partial charge in [-0.3, -0.25) is 0 Å². The Bertz CT molecular complexity index is 574. The summed E-state index contributed by atoms with van der Waals surface area (Å²) in [4.78, 5) is 4.17. The average molecular weight is 323 g/mol. The number of halogens is 4. The maximum Gasteiger partial charge on any atom is 0.219 e. The van der Waals surface area contributed by atoms with Crippen LogP contribution in [-0.4, -0.2) is 4.98 Å². The Labute approximate surface area is 124 Å². The van der Waals surface area contributed by atoms with Crippen LogP contribution >= 0.6 is 46.4 Å². The predicted octanol–water partition coefficient (Wildman–Crippen LogP) is 5.57. The Morgan fingerprint density at radius 2 is 1.78 bits per heavy atom. The van der Waals surface area contributed by atoms with Crippen LogP contribution in [0.1, 0.15) is 5.69 Å². The minimum atomic E-state index is 0.208. The summed E-state index contributed by atoms with van der Waals surface area (Å²) in [7, 11) is 0. The molecule has 2 nitrogen and oxygen atoms in total. The standard InChI is InChI=1S/C12H7Cl4NO/c13-6-9-7(14)4-5-11(17-9)18-10-3-1-2-8(15)12(10)16/h1-5H,6H2. The fraction of sp³-hybridized carbons (Fsp3) is 0.0833. The number of nitrogens with zero attached hydrogens (tertiary/aromatic N) is 1. The number of hydrogen-bond donors (Lipinski definition) is 0. The summed E-state index contributed by atoms with van der Waals surface area (Å²) in [5.74, 6) is 0.998. The summed E-state index contributed by atoms with van der Waals surface area (Å²) in [5.41, 5.74) is 0.550. The molecule has 0 aliphatic heterocycles. The van der Waals surface area contributed by atoms with E-state index in [4.69, 9.17) is 51.1 Å². The van der Waals surface area contributed by atoms with Crippen LogP contribution in [0.4, 0.5) is 0 Å². The van der Waals surface area contributed by atoms with Crippen molar-refractivity contribution in [3.8, 4) is 11.6 Å². The predicted molar refractivity (Wildman–Crippen MR) is 75.3 cm³/mol. The van der Waals surface area contributed by atoms with E-state index in [0.29, 0.717) is 32.4 Å². The average Bonchev–Trinajstić information content (AvgIpc) is 2.37. The molecule has 0 amide bonds. The molecular formula is C12H7Cl4NO. The fourth-order valence-electron chi connectivity index (χ4n) is 1.29. The largest absolute Gasteiger partial charge is 0.437 e. The zero-order chi connectivity index (χ0) is 13.1. The lowest BCUT2D eigenvalue weighted by Crippen LogP contribution is -1.93. The molecule has 0 unspecified atom stereocenters. The van der Waals surface area contributed by atoms with Crippen LogP contribution < -0.4 is 4.74 Å². The van der Waals surface area contributed by atoms with Crippen LogP contribution in [0.2, 0.25) is 15.1 Å². The van der Waals surface area contributed by atoms with Crippen molar-refractivity contribution < 1.29 is 4.74 Å². The molecule has 1 heterocycles. The van der Waals surface area contributed by atoms with E-state index in [9.17, 15) is 0 Å². The van der Waals surface area contributed by atoms with E-state index in [-0.39, 0.29) is 5.88 Å². The lowest BCUT2D eigenvalue weighted by Gasteiger charge is -2.08. The first-order valence-corrected chi connectivity index (χ1v) is 6.62. The van der Waals surface area contributed by atoms with E-state index in [1.165, 1.54) is 0 Å². The number of aromatic nitrogens is 1. The molecule has 0 aliphatic rings. The molecule has 0 saturated carbocycles. The molecule has 2 rings (SSSR count). The molecular weight excluding hydrogens is 316 g/mol. The van der Waals surface area contributed by atoms with Gasteiger partial charge in [0.15, 0.2) is 0 Å². The van der Waals surface area contributed by atoms with Crippen molar-refractivity contribution in [3.63, 3.8) is 0 Å². The number of ether oxygens (including phenoxy) is 1. The maximum atomic E-state index is 6.01. The van der Waals surface area contributed by atoms with Gasteiger partial charge in [-0.05, 0) is 18.2 Å². The summed E-state index contributed by atoms with van der Waals surface area (Å²) >= 11 is 23.5. The Morgan fingerprint density at radius 1 is 1.00 bits per heavy atom. The molecule has 94 valence electrons. The maximum absolute atomic E-state index is 6.01. The van der Waals surface area contributed by atoms with E-state index in [1.807, 2.05) is 0 Å². The second-order valence-electron chi connectivity index (χ2n) is 3.37. The van der Waals surface area contributed by atoms with Gasteiger partial charge in [-0.25, -0.2) is 4.98 Å². The second kappa shape index (κ2) is 5.98. The highest BCUT2D eigenvalue weighted by molar-refractivity contribution is 6.42. The van der Waals surface area contributed by atoms with Crippen molar-refractivity contribution in [1.82, 2.24) is 4.98 Å². The van der Waals surface area contributed by atoms with Gasteiger partial charge >= 0.3 is 0 Å². The number of alkyl halides is 1. The summed E-state index contributed by atoms with van der Waals surface area (Å²) in [6.07, 6.45) is 0. The minimum absolute atomic E-state index is 0.208. The van der Waals surface area contributed by atoms with E-state index in [1.54, 1.807) is 30.3 Å². The van der Waals surface area contributed by atoms with Crippen LogP contribution in [-0.2, 0) is 5.88 Å². The van der Waals surface area contributed by atoms with E-state index >= 15 is 0 Å². The summed E-state index contributed by atoms with van der Waals surface area (Å²) in [6, 6.07) is 8.42. The molecule has 0 spiro atoms. The first kappa shape index (κ1) is 13.8. The van der Waals surface area contributed by atoms with Gasteiger partial charge in [0.05, 0.1) is 21.6 Å². The van der Waals surface area contributed by atoms with Gasteiger partial charge < -0.3 is 4.74 Å². The molecule has 0 N–H and O–H groups in total. The van der Waals surface area contributed by atoms with Crippen LogP contribution in [0.5, 0.6) is 11.6 Å². The zero-order valence-electron chi connectivity index (χ0n) is 8.96. The van der Waals surface area contributed by atoms with Gasteiger partial charge in [0.25, 0.3) is 0 Å². The molecule has 0 saturated heterocycles. The summed E-state index contributed by atoms with van der Waals surface area (Å²) in [6.45, 7) is 0. The molecule has 18 heavy (non-hydrogen) atoms. The highest BCUT2D eigenvalue weighted by Crippen LogP contribution is 2.34.